The molecule has 0 aliphatic rings. The highest BCUT2D eigenvalue weighted by Gasteiger charge is 2.18. The molecule has 0 aliphatic heterocycles. The van der Waals surface area contributed by atoms with Gasteiger partial charge in [0.15, 0.2) is 0 Å². The van der Waals surface area contributed by atoms with Gasteiger partial charge in [-0.05, 0) is 6.07 Å². The lowest BCUT2D eigenvalue weighted by Gasteiger charge is -2.08. The summed E-state index contributed by atoms with van der Waals surface area (Å²) in [4.78, 5) is 3.53. The number of alkyl halides is 2. The first kappa shape index (κ1) is 10.8. The lowest BCUT2D eigenvalue weighted by atomic mass is 10.2. The van der Waals surface area contributed by atoms with Crippen molar-refractivity contribution in [1.29, 1.82) is 0 Å². The number of hydrogen-bond donors (Lipinski definition) is 1. The molecule has 6 heteroatoms. The van der Waals surface area contributed by atoms with Gasteiger partial charge in [0.2, 0.25) is 5.88 Å². The van der Waals surface area contributed by atoms with Crippen LogP contribution >= 0.6 is 0 Å². The van der Waals surface area contributed by atoms with Crippen LogP contribution in [0.1, 0.15) is 17.7 Å². The fraction of sp³-hybridized carbons (Fsp3) is 0.375. The average Bonchev–Trinajstić information content (AvgIpc) is 2.17. The molecule has 0 aromatic carbocycles. The Morgan fingerprint density at radius 1 is 1.57 bits per heavy atom. The Morgan fingerprint density at radius 2 is 2.21 bits per heavy atom. The maximum Gasteiger partial charge on any atom is 0.269 e. The van der Waals surface area contributed by atoms with Crippen LogP contribution in [0.2, 0.25) is 0 Å². The van der Waals surface area contributed by atoms with Crippen molar-refractivity contribution in [2.24, 2.45) is 5.73 Å². The first-order chi connectivity index (χ1) is 6.60. The Balaban J connectivity index is 3.24. The second-order valence-corrected chi connectivity index (χ2v) is 2.52. The Morgan fingerprint density at radius 3 is 2.64 bits per heavy atom. The van der Waals surface area contributed by atoms with Crippen LogP contribution in [-0.4, -0.2) is 12.1 Å². The monoisotopic (exact) mass is 206 g/mol. The van der Waals surface area contributed by atoms with Crippen LogP contribution in [0.3, 0.4) is 0 Å². The van der Waals surface area contributed by atoms with Crippen LogP contribution in [0.5, 0.6) is 5.88 Å². The number of rotatable bonds is 3. The van der Waals surface area contributed by atoms with Crippen molar-refractivity contribution in [3.63, 3.8) is 0 Å². The number of halogens is 3. The third-order valence-electron chi connectivity index (χ3n) is 1.66. The Kier molecular flexibility index (Phi) is 3.29. The molecule has 0 radical (unpaired) electrons. The SMILES string of the molecule is COc1nc(CN)c(F)cc1C(F)F. The van der Waals surface area contributed by atoms with Crippen LogP contribution in [0.4, 0.5) is 13.2 Å². The summed E-state index contributed by atoms with van der Waals surface area (Å²) in [7, 11) is 1.19. The van der Waals surface area contributed by atoms with Crippen molar-refractivity contribution < 1.29 is 17.9 Å². The summed E-state index contributed by atoms with van der Waals surface area (Å²) in [5.41, 5.74) is 4.50. The lowest BCUT2D eigenvalue weighted by molar-refractivity contribution is 0.145. The minimum Gasteiger partial charge on any atom is -0.481 e. The standard InChI is InChI=1S/C8H9F3N2O/c1-14-8-4(7(10)11)2-5(9)6(3-12)13-8/h2,7H,3,12H2,1H3. The number of methoxy groups -OCH3 is 1. The van der Waals surface area contributed by atoms with E-state index in [1.807, 2.05) is 0 Å². The van der Waals surface area contributed by atoms with E-state index in [0.717, 1.165) is 0 Å². The highest BCUT2D eigenvalue weighted by atomic mass is 19.3. The molecule has 0 unspecified atom stereocenters. The molecule has 1 heterocycles. The first-order valence-corrected chi connectivity index (χ1v) is 3.81. The van der Waals surface area contributed by atoms with Crippen LogP contribution in [0.15, 0.2) is 6.07 Å². The van der Waals surface area contributed by atoms with Crippen LogP contribution < -0.4 is 10.5 Å². The number of hydrogen-bond acceptors (Lipinski definition) is 3. The van der Waals surface area contributed by atoms with Gasteiger partial charge in [0.05, 0.1) is 18.4 Å². The summed E-state index contributed by atoms with van der Waals surface area (Å²) in [5.74, 6) is -1.13. The van der Waals surface area contributed by atoms with Gasteiger partial charge in [-0.1, -0.05) is 0 Å². The fourth-order valence-corrected chi connectivity index (χ4v) is 0.985. The van der Waals surface area contributed by atoms with E-state index in [9.17, 15) is 13.2 Å². The van der Waals surface area contributed by atoms with Crippen molar-refractivity contribution in [1.82, 2.24) is 4.98 Å². The largest absolute Gasteiger partial charge is 0.481 e. The van der Waals surface area contributed by atoms with Gasteiger partial charge in [-0.25, -0.2) is 18.2 Å². The van der Waals surface area contributed by atoms with E-state index in [-0.39, 0.29) is 18.1 Å². The van der Waals surface area contributed by atoms with Gasteiger partial charge in [0, 0.05) is 6.54 Å². The predicted molar refractivity (Wildman–Crippen MR) is 43.6 cm³/mol. The zero-order valence-electron chi connectivity index (χ0n) is 7.43. The number of pyridine rings is 1. The van der Waals surface area contributed by atoms with Crippen molar-refractivity contribution in [3.05, 3.63) is 23.1 Å². The summed E-state index contributed by atoms with van der Waals surface area (Å²) in [6, 6.07) is 0.693. The van der Waals surface area contributed by atoms with E-state index >= 15 is 0 Å². The molecule has 14 heavy (non-hydrogen) atoms. The van der Waals surface area contributed by atoms with E-state index in [1.165, 1.54) is 7.11 Å². The topological polar surface area (TPSA) is 48.1 Å². The van der Waals surface area contributed by atoms with Gasteiger partial charge in [-0.3, -0.25) is 0 Å². The number of nitrogens with zero attached hydrogens (tertiary/aromatic N) is 1. The number of nitrogens with two attached hydrogens (primary N) is 1. The van der Waals surface area contributed by atoms with Crippen molar-refractivity contribution in [3.8, 4) is 5.88 Å². The van der Waals surface area contributed by atoms with Gasteiger partial charge in [0.1, 0.15) is 5.82 Å². The summed E-state index contributed by atoms with van der Waals surface area (Å²) >= 11 is 0. The molecule has 0 saturated carbocycles. The summed E-state index contributed by atoms with van der Waals surface area (Å²) < 4.78 is 42.2. The molecule has 0 spiro atoms. The lowest BCUT2D eigenvalue weighted by Crippen LogP contribution is -2.07. The van der Waals surface area contributed by atoms with Crippen molar-refractivity contribution in [2.45, 2.75) is 13.0 Å². The molecular formula is C8H9F3N2O. The van der Waals surface area contributed by atoms with Gasteiger partial charge in [0.25, 0.3) is 6.43 Å². The summed E-state index contributed by atoms with van der Waals surface area (Å²) in [6.45, 7) is -0.161. The molecule has 1 rings (SSSR count). The molecule has 0 fully saturated rings. The summed E-state index contributed by atoms with van der Waals surface area (Å²) in [6.07, 6.45) is -2.82. The minimum absolute atomic E-state index is 0.0914. The van der Waals surface area contributed by atoms with Crippen molar-refractivity contribution >= 4 is 0 Å². The maximum absolute atomic E-state index is 13.0. The van der Waals surface area contributed by atoms with Gasteiger partial charge < -0.3 is 10.5 Å². The number of aromatic nitrogens is 1. The molecule has 0 saturated heterocycles. The third kappa shape index (κ3) is 1.95. The van der Waals surface area contributed by atoms with Crippen LogP contribution in [-0.2, 0) is 6.54 Å². The van der Waals surface area contributed by atoms with Gasteiger partial charge in [-0.15, -0.1) is 0 Å². The van der Waals surface area contributed by atoms with E-state index in [0.29, 0.717) is 6.07 Å². The highest BCUT2D eigenvalue weighted by Crippen LogP contribution is 2.28. The molecule has 0 amide bonds. The molecule has 78 valence electrons. The summed E-state index contributed by atoms with van der Waals surface area (Å²) in [5, 5.41) is 0. The third-order valence-corrected chi connectivity index (χ3v) is 1.66. The minimum atomic E-state index is -2.82. The van der Waals surface area contributed by atoms with Crippen LogP contribution in [0, 0.1) is 5.82 Å². The van der Waals surface area contributed by atoms with E-state index in [2.05, 4.69) is 9.72 Å². The second kappa shape index (κ2) is 4.28. The molecular weight excluding hydrogens is 197 g/mol. The molecule has 0 bridgehead atoms. The van der Waals surface area contributed by atoms with Crippen molar-refractivity contribution in [2.75, 3.05) is 7.11 Å². The molecule has 2 N–H and O–H groups in total. The zero-order chi connectivity index (χ0) is 10.7. The molecule has 0 atom stereocenters. The van der Waals surface area contributed by atoms with Crippen LogP contribution in [0.25, 0.3) is 0 Å². The average molecular weight is 206 g/mol. The van der Waals surface area contributed by atoms with E-state index in [4.69, 9.17) is 5.73 Å². The smallest absolute Gasteiger partial charge is 0.269 e. The number of ether oxygens (including phenoxy) is 1. The quantitative estimate of drug-likeness (QED) is 0.817. The molecule has 1 aromatic heterocycles. The predicted octanol–water partition coefficient (Wildman–Crippen LogP) is 1.63. The Labute approximate surface area is 78.7 Å². The normalized spacial score (nSPS) is 10.7. The zero-order valence-corrected chi connectivity index (χ0v) is 7.43. The Bertz CT molecular complexity index is 331. The van der Waals surface area contributed by atoms with E-state index in [1.54, 1.807) is 0 Å². The van der Waals surface area contributed by atoms with Gasteiger partial charge >= 0.3 is 0 Å². The first-order valence-electron chi connectivity index (χ1n) is 3.81. The van der Waals surface area contributed by atoms with E-state index < -0.39 is 17.8 Å². The molecule has 0 aliphatic carbocycles. The maximum atomic E-state index is 13.0. The molecule has 3 nitrogen and oxygen atoms in total. The highest BCUT2D eigenvalue weighted by molar-refractivity contribution is 5.30. The molecule has 1 aromatic rings. The van der Waals surface area contributed by atoms with Gasteiger partial charge in [-0.2, -0.15) is 0 Å². The fourth-order valence-electron chi connectivity index (χ4n) is 0.985. The second-order valence-electron chi connectivity index (χ2n) is 2.52. The Hall–Kier alpha value is -1.30.